The standard InChI is InChI=1S/C23H20Cl2N4O2/c1-29(2)22(26)15-5-3-14(4-6-15)20(30)11-16-7-8-17(24)12-19(16)23(31)28-21-10-9-18(25)13-27-21/h3-10,12-13,26H,11H2,1-2H3,(H,27,28,31). The van der Waals surface area contributed by atoms with Crippen molar-refractivity contribution in [3.05, 3.63) is 93.1 Å². The molecule has 8 heteroatoms. The van der Waals surface area contributed by atoms with E-state index in [0.717, 1.165) is 0 Å². The Labute approximate surface area is 190 Å². The Morgan fingerprint density at radius 2 is 1.61 bits per heavy atom. The van der Waals surface area contributed by atoms with Crippen LogP contribution in [0, 0.1) is 5.41 Å². The van der Waals surface area contributed by atoms with Gasteiger partial charge in [0.05, 0.1) is 5.02 Å². The van der Waals surface area contributed by atoms with E-state index in [0.29, 0.717) is 44.0 Å². The van der Waals surface area contributed by atoms with E-state index in [2.05, 4.69) is 10.3 Å². The van der Waals surface area contributed by atoms with Crippen molar-refractivity contribution in [1.29, 1.82) is 5.41 Å². The molecule has 0 atom stereocenters. The average Bonchev–Trinajstić information content (AvgIpc) is 2.76. The lowest BCUT2D eigenvalue weighted by molar-refractivity contribution is 0.0992. The van der Waals surface area contributed by atoms with E-state index < -0.39 is 5.91 Å². The lowest BCUT2D eigenvalue weighted by Gasteiger charge is -2.14. The molecule has 2 N–H and O–H groups in total. The molecule has 0 unspecified atom stereocenters. The number of hydrogen-bond acceptors (Lipinski definition) is 4. The molecule has 0 aliphatic carbocycles. The molecule has 158 valence electrons. The molecule has 1 aromatic heterocycles. The van der Waals surface area contributed by atoms with Crippen molar-refractivity contribution in [2.24, 2.45) is 0 Å². The SMILES string of the molecule is CN(C)C(=N)c1ccc(C(=O)Cc2ccc(Cl)cc2C(=O)Nc2ccc(Cl)cn2)cc1. The summed E-state index contributed by atoms with van der Waals surface area (Å²) in [7, 11) is 3.57. The highest BCUT2D eigenvalue weighted by atomic mass is 35.5. The topological polar surface area (TPSA) is 86.2 Å². The van der Waals surface area contributed by atoms with E-state index in [9.17, 15) is 9.59 Å². The molecular weight excluding hydrogens is 435 g/mol. The van der Waals surface area contributed by atoms with E-state index in [-0.39, 0.29) is 12.2 Å². The van der Waals surface area contributed by atoms with Crippen molar-refractivity contribution in [2.45, 2.75) is 6.42 Å². The van der Waals surface area contributed by atoms with Gasteiger partial charge in [0.15, 0.2) is 5.78 Å². The zero-order chi connectivity index (χ0) is 22.5. The summed E-state index contributed by atoms with van der Waals surface area (Å²) in [5.41, 5.74) is 2.05. The Bertz CT molecular complexity index is 1130. The van der Waals surface area contributed by atoms with Crippen LogP contribution in [-0.2, 0) is 6.42 Å². The fraction of sp³-hybridized carbons (Fsp3) is 0.130. The summed E-state index contributed by atoms with van der Waals surface area (Å²) in [5, 5.41) is 11.5. The molecule has 0 aliphatic heterocycles. The Morgan fingerprint density at radius 1 is 0.968 bits per heavy atom. The molecule has 0 bridgehead atoms. The first kappa shape index (κ1) is 22.5. The van der Waals surface area contributed by atoms with Crippen LogP contribution in [0.5, 0.6) is 0 Å². The summed E-state index contributed by atoms with van der Waals surface area (Å²) >= 11 is 11.9. The van der Waals surface area contributed by atoms with Gasteiger partial charge < -0.3 is 10.2 Å². The van der Waals surface area contributed by atoms with Crippen molar-refractivity contribution in [3.8, 4) is 0 Å². The number of amides is 1. The Morgan fingerprint density at radius 3 is 2.23 bits per heavy atom. The second kappa shape index (κ2) is 9.73. The molecule has 31 heavy (non-hydrogen) atoms. The maximum absolute atomic E-state index is 12.8. The average molecular weight is 455 g/mol. The lowest BCUT2D eigenvalue weighted by Crippen LogP contribution is -2.21. The third kappa shape index (κ3) is 5.69. The number of anilines is 1. The highest BCUT2D eigenvalue weighted by molar-refractivity contribution is 6.31. The lowest BCUT2D eigenvalue weighted by atomic mass is 9.97. The second-order valence-corrected chi connectivity index (χ2v) is 7.91. The molecule has 3 aromatic rings. The largest absolute Gasteiger partial charge is 0.363 e. The van der Waals surface area contributed by atoms with Crippen LogP contribution >= 0.6 is 23.2 Å². The number of pyridine rings is 1. The Balaban J connectivity index is 1.80. The van der Waals surface area contributed by atoms with Crippen LogP contribution < -0.4 is 5.32 Å². The number of amidine groups is 1. The number of carbonyl (C=O) groups excluding carboxylic acids is 2. The Kier molecular flexibility index (Phi) is 7.05. The smallest absolute Gasteiger partial charge is 0.257 e. The van der Waals surface area contributed by atoms with E-state index in [4.69, 9.17) is 28.6 Å². The molecule has 2 aromatic carbocycles. The van der Waals surface area contributed by atoms with Gasteiger partial charge >= 0.3 is 0 Å². The predicted molar refractivity (Wildman–Crippen MR) is 124 cm³/mol. The van der Waals surface area contributed by atoms with Gasteiger partial charge in [-0.15, -0.1) is 0 Å². The third-order valence-corrected chi connectivity index (χ3v) is 5.02. The van der Waals surface area contributed by atoms with E-state index >= 15 is 0 Å². The minimum Gasteiger partial charge on any atom is -0.363 e. The fourth-order valence-electron chi connectivity index (χ4n) is 2.89. The highest BCUT2D eigenvalue weighted by Gasteiger charge is 2.17. The van der Waals surface area contributed by atoms with Gasteiger partial charge in [-0.1, -0.05) is 53.5 Å². The summed E-state index contributed by atoms with van der Waals surface area (Å²) in [6, 6.07) is 14.9. The number of nitrogens with zero attached hydrogens (tertiary/aromatic N) is 2. The number of benzene rings is 2. The van der Waals surface area contributed by atoms with Crippen molar-refractivity contribution < 1.29 is 9.59 Å². The van der Waals surface area contributed by atoms with Gasteiger partial charge in [0.1, 0.15) is 11.7 Å². The van der Waals surface area contributed by atoms with Crippen molar-refractivity contribution in [3.63, 3.8) is 0 Å². The first-order valence-corrected chi connectivity index (χ1v) is 10.1. The van der Waals surface area contributed by atoms with Gasteiger partial charge in [-0.2, -0.15) is 0 Å². The van der Waals surface area contributed by atoms with Crippen LogP contribution in [0.25, 0.3) is 0 Å². The van der Waals surface area contributed by atoms with E-state index in [1.54, 1.807) is 67.5 Å². The molecule has 0 fully saturated rings. The fourth-order valence-corrected chi connectivity index (χ4v) is 3.18. The summed E-state index contributed by atoms with van der Waals surface area (Å²) in [5.74, 6) is 0.121. The number of rotatable bonds is 6. The highest BCUT2D eigenvalue weighted by Crippen LogP contribution is 2.20. The summed E-state index contributed by atoms with van der Waals surface area (Å²) in [4.78, 5) is 31.4. The van der Waals surface area contributed by atoms with Gasteiger partial charge in [-0.05, 0) is 29.8 Å². The number of ketones is 1. The molecule has 0 radical (unpaired) electrons. The zero-order valence-corrected chi connectivity index (χ0v) is 18.5. The molecular formula is C23H20Cl2N4O2. The molecule has 0 saturated heterocycles. The quantitative estimate of drug-likeness (QED) is 0.313. The second-order valence-electron chi connectivity index (χ2n) is 7.04. The van der Waals surface area contributed by atoms with Crippen molar-refractivity contribution in [2.75, 3.05) is 19.4 Å². The number of hydrogen-bond donors (Lipinski definition) is 2. The monoisotopic (exact) mass is 454 g/mol. The normalized spacial score (nSPS) is 10.5. The molecule has 3 rings (SSSR count). The van der Waals surface area contributed by atoms with Crippen LogP contribution in [0.4, 0.5) is 5.82 Å². The van der Waals surface area contributed by atoms with E-state index in [1.807, 2.05) is 0 Å². The molecule has 6 nitrogen and oxygen atoms in total. The number of Topliss-reactive ketones (excluding diaryl/α,β-unsaturated/α-hetero) is 1. The van der Waals surface area contributed by atoms with Gasteiger partial charge in [-0.25, -0.2) is 4.98 Å². The van der Waals surface area contributed by atoms with Gasteiger partial charge in [0, 0.05) is 48.4 Å². The zero-order valence-electron chi connectivity index (χ0n) is 16.9. The van der Waals surface area contributed by atoms with Crippen LogP contribution in [-0.4, -0.2) is 41.5 Å². The van der Waals surface area contributed by atoms with Crippen LogP contribution in [0.3, 0.4) is 0 Å². The maximum Gasteiger partial charge on any atom is 0.257 e. The van der Waals surface area contributed by atoms with Crippen LogP contribution in [0.1, 0.15) is 31.8 Å². The van der Waals surface area contributed by atoms with Gasteiger partial charge in [0.2, 0.25) is 0 Å². The first-order chi connectivity index (χ1) is 14.7. The van der Waals surface area contributed by atoms with Gasteiger partial charge in [0.25, 0.3) is 5.91 Å². The minimum absolute atomic E-state index is 0.0262. The first-order valence-electron chi connectivity index (χ1n) is 9.35. The van der Waals surface area contributed by atoms with Crippen LogP contribution in [0.2, 0.25) is 10.0 Å². The summed E-state index contributed by atoms with van der Waals surface area (Å²) in [6.07, 6.45) is 1.46. The molecule has 0 aliphatic rings. The summed E-state index contributed by atoms with van der Waals surface area (Å²) in [6.45, 7) is 0. The molecule has 0 spiro atoms. The van der Waals surface area contributed by atoms with Crippen molar-refractivity contribution >= 4 is 46.5 Å². The molecule has 1 heterocycles. The van der Waals surface area contributed by atoms with E-state index in [1.165, 1.54) is 12.3 Å². The number of carbonyl (C=O) groups is 2. The summed E-state index contributed by atoms with van der Waals surface area (Å²) < 4.78 is 0. The van der Waals surface area contributed by atoms with Crippen LogP contribution in [0.15, 0.2) is 60.8 Å². The third-order valence-electron chi connectivity index (χ3n) is 4.56. The van der Waals surface area contributed by atoms with Gasteiger partial charge in [-0.3, -0.25) is 15.0 Å². The molecule has 1 amide bonds. The number of aromatic nitrogens is 1. The minimum atomic E-state index is -0.421. The maximum atomic E-state index is 12.8. The molecule has 0 saturated carbocycles. The number of halogens is 2. The predicted octanol–water partition coefficient (Wildman–Crippen LogP) is 4.95. The Hall–Kier alpha value is -3.22. The van der Waals surface area contributed by atoms with Crippen molar-refractivity contribution in [1.82, 2.24) is 9.88 Å². The number of nitrogens with one attached hydrogen (secondary N) is 2.